The lowest BCUT2D eigenvalue weighted by Crippen LogP contribution is -2.45. The molecule has 26 heavy (non-hydrogen) atoms. The van der Waals surface area contributed by atoms with E-state index in [9.17, 15) is 14.4 Å². The number of nitrogens with one attached hydrogen (secondary N) is 1. The van der Waals surface area contributed by atoms with Gasteiger partial charge in [-0.05, 0) is 62.8 Å². The van der Waals surface area contributed by atoms with Crippen molar-refractivity contribution in [2.24, 2.45) is 0 Å². The Bertz CT molecular complexity index is 672. The van der Waals surface area contributed by atoms with Gasteiger partial charge in [-0.3, -0.25) is 14.4 Å². The Morgan fingerprint density at radius 3 is 2.65 bits per heavy atom. The van der Waals surface area contributed by atoms with Crippen LogP contribution in [0.2, 0.25) is 0 Å². The normalized spacial score (nSPS) is 16.9. The monoisotopic (exact) mass is 360 g/mol. The van der Waals surface area contributed by atoms with Crippen LogP contribution >= 0.6 is 0 Å². The van der Waals surface area contributed by atoms with E-state index in [2.05, 4.69) is 12.2 Å². The summed E-state index contributed by atoms with van der Waals surface area (Å²) in [6.45, 7) is 6.15. The highest BCUT2D eigenvalue weighted by molar-refractivity contribution is 5.96. The van der Waals surface area contributed by atoms with Gasteiger partial charge in [0.1, 0.15) is 6.54 Å². The van der Waals surface area contributed by atoms with Gasteiger partial charge >= 0.3 is 5.97 Å². The van der Waals surface area contributed by atoms with E-state index in [1.807, 2.05) is 24.8 Å². The van der Waals surface area contributed by atoms with Crippen molar-refractivity contribution in [1.29, 1.82) is 0 Å². The number of carbonyl (C=O) groups is 3. The third-order valence-corrected chi connectivity index (χ3v) is 4.94. The Hall–Kier alpha value is -2.37. The standard InChI is InChI=1S/C20H28N2O4/c1-4-17-7-5-6-10-22(17)18(23)13-26-19(24)12-21-20(25)16-9-8-14(2)15(3)11-16/h8-9,11,17H,4-7,10,12-13H2,1-3H3,(H,21,25)/t17-/m1/s1. The smallest absolute Gasteiger partial charge is 0.325 e. The minimum atomic E-state index is -0.611. The molecule has 1 heterocycles. The molecule has 0 unspecified atom stereocenters. The van der Waals surface area contributed by atoms with Crippen LogP contribution in [0, 0.1) is 13.8 Å². The number of ether oxygens (including phenoxy) is 1. The first-order chi connectivity index (χ1) is 12.4. The molecule has 1 fully saturated rings. The summed E-state index contributed by atoms with van der Waals surface area (Å²) in [6, 6.07) is 5.60. The quantitative estimate of drug-likeness (QED) is 0.790. The predicted octanol–water partition coefficient (Wildman–Crippen LogP) is 2.37. The minimum Gasteiger partial charge on any atom is -0.454 e. The largest absolute Gasteiger partial charge is 0.454 e. The highest BCUT2D eigenvalue weighted by atomic mass is 16.5. The summed E-state index contributed by atoms with van der Waals surface area (Å²) >= 11 is 0. The van der Waals surface area contributed by atoms with Crippen molar-refractivity contribution in [3.63, 3.8) is 0 Å². The van der Waals surface area contributed by atoms with E-state index >= 15 is 0 Å². The van der Waals surface area contributed by atoms with Crippen molar-refractivity contribution in [3.8, 4) is 0 Å². The van der Waals surface area contributed by atoms with Gasteiger partial charge in [-0.25, -0.2) is 0 Å². The molecule has 1 aromatic carbocycles. The van der Waals surface area contributed by atoms with Crippen molar-refractivity contribution in [1.82, 2.24) is 10.2 Å². The van der Waals surface area contributed by atoms with Gasteiger partial charge in [0.05, 0.1) is 0 Å². The van der Waals surface area contributed by atoms with Crippen molar-refractivity contribution >= 4 is 17.8 Å². The fourth-order valence-electron chi connectivity index (χ4n) is 3.17. The SMILES string of the molecule is CC[C@@H]1CCCCN1C(=O)COC(=O)CNC(=O)c1ccc(C)c(C)c1. The minimum absolute atomic E-state index is 0.162. The maximum absolute atomic E-state index is 12.3. The predicted molar refractivity (Wildman–Crippen MR) is 98.9 cm³/mol. The number of piperidine rings is 1. The second-order valence-corrected chi connectivity index (χ2v) is 6.79. The van der Waals surface area contributed by atoms with Crippen molar-refractivity contribution in [2.75, 3.05) is 19.7 Å². The molecule has 2 rings (SSSR count). The second-order valence-electron chi connectivity index (χ2n) is 6.79. The topological polar surface area (TPSA) is 75.7 Å². The van der Waals surface area contributed by atoms with Crippen LogP contribution in [0.5, 0.6) is 0 Å². The fourth-order valence-corrected chi connectivity index (χ4v) is 3.17. The molecule has 6 nitrogen and oxygen atoms in total. The zero-order valence-corrected chi connectivity index (χ0v) is 15.8. The van der Waals surface area contributed by atoms with Crippen LogP contribution in [0.15, 0.2) is 18.2 Å². The number of hydrogen-bond acceptors (Lipinski definition) is 4. The van der Waals surface area contributed by atoms with Crippen LogP contribution in [0.4, 0.5) is 0 Å². The summed E-state index contributed by atoms with van der Waals surface area (Å²) in [4.78, 5) is 38.0. The molecule has 1 aliphatic heterocycles. The Labute approximate surface area is 154 Å². The van der Waals surface area contributed by atoms with E-state index in [1.54, 1.807) is 12.1 Å². The highest BCUT2D eigenvalue weighted by Gasteiger charge is 2.25. The first-order valence-electron chi connectivity index (χ1n) is 9.23. The van der Waals surface area contributed by atoms with E-state index in [-0.39, 0.29) is 31.0 Å². The van der Waals surface area contributed by atoms with Crippen molar-refractivity contribution in [3.05, 3.63) is 34.9 Å². The van der Waals surface area contributed by atoms with Crippen LogP contribution in [0.1, 0.15) is 54.1 Å². The number of amides is 2. The maximum atomic E-state index is 12.3. The summed E-state index contributed by atoms with van der Waals surface area (Å²) in [5, 5.41) is 2.53. The third-order valence-electron chi connectivity index (χ3n) is 4.94. The molecule has 0 aromatic heterocycles. The van der Waals surface area contributed by atoms with E-state index in [0.717, 1.165) is 43.4 Å². The average Bonchev–Trinajstić information content (AvgIpc) is 2.66. The highest BCUT2D eigenvalue weighted by Crippen LogP contribution is 2.19. The lowest BCUT2D eigenvalue weighted by molar-refractivity contribution is -0.152. The second kappa shape index (κ2) is 9.36. The first kappa shape index (κ1) is 19.9. The number of hydrogen-bond donors (Lipinski definition) is 1. The lowest BCUT2D eigenvalue weighted by atomic mass is 10.00. The number of aryl methyl sites for hydroxylation is 2. The summed E-state index contributed by atoms with van der Waals surface area (Å²) in [6.07, 6.45) is 4.03. The molecule has 2 amide bonds. The fraction of sp³-hybridized carbons (Fsp3) is 0.550. The molecule has 0 spiro atoms. The average molecular weight is 360 g/mol. The Morgan fingerprint density at radius 2 is 1.96 bits per heavy atom. The summed E-state index contributed by atoms with van der Waals surface area (Å²) in [5.41, 5.74) is 2.61. The number of esters is 1. The van der Waals surface area contributed by atoms with Crippen molar-refractivity contribution in [2.45, 2.75) is 52.5 Å². The zero-order chi connectivity index (χ0) is 19.1. The van der Waals surface area contributed by atoms with E-state index in [4.69, 9.17) is 4.74 Å². The van der Waals surface area contributed by atoms with Gasteiger partial charge in [0.2, 0.25) is 0 Å². The Kier molecular flexibility index (Phi) is 7.18. The third kappa shape index (κ3) is 5.31. The Balaban J connectivity index is 1.76. The molecule has 1 aliphatic rings. The lowest BCUT2D eigenvalue weighted by Gasteiger charge is -2.35. The van der Waals surface area contributed by atoms with Crippen molar-refractivity contribution < 1.29 is 19.1 Å². The molecular weight excluding hydrogens is 332 g/mol. The molecule has 0 radical (unpaired) electrons. The number of carbonyl (C=O) groups excluding carboxylic acids is 3. The molecule has 142 valence electrons. The summed E-state index contributed by atoms with van der Waals surface area (Å²) in [7, 11) is 0. The van der Waals surface area contributed by atoms with Crippen LogP contribution in [0.3, 0.4) is 0 Å². The molecule has 1 aromatic rings. The van der Waals surface area contributed by atoms with Gasteiger partial charge in [0.25, 0.3) is 11.8 Å². The molecule has 0 aliphatic carbocycles. The zero-order valence-electron chi connectivity index (χ0n) is 15.8. The van der Waals surface area contributed by atoms with Gasteiger partial charge in [-0.2, -0.15) is 0 Å². The van der Waals surface area contributed by atoms with Gasteiger partial charge in [-0.15, -0.1) is 0 Å². The summed E-state index contributed by atoms with van der Waals surface area (Å²) in [5.74, 6) is -1.11. The maximum Gasteiger partial charge on any atom is 0.325 e. The van der Waals surface area contributed by atoms with Crippen LogP contribution in [-0.2, 0) is 14.3 Å². The number of likely N-dealkylation sites (tertiary alicyclic amines) is 1. The summed E-state index contributed by atoms with van der Waals surface area (Å²) < 4.78 is 5.03. The molecule has 1 N–H and O–H groups in total. The molecule has 1 atom stereocenters. The van der Waals surface area contributed by atoms with E-state index in [0.29, 0.717) is 5.56 Å². The van der Waals surface area contributed by atoms with Gasteiger partial charge in [0.15, 0.2) is 6.61 Å². The number of benzene rings is 1. The van der Waals surface area contributed by atoms with Crippen LogP contribution in [0.25, 0.3) is 0 Å². The number of nitrogens with zero attached hydrogens (tertiary/aromatic N) is 1. The van der Waals surface area contributed by atoms with Crippen LogP contribution in [-0.4, -0.2) is 48.4 Å². The van der Waals surface area contributed by atoms with Crippen LogP contribution < -0.4 is 5.32 Å². The molecule has 0 bridgehead atoms. The molecule has 6 heteroatoms. The van der Waals surface area contributed by atoms with Gasteiger partial charge in [-0.1, -0.05) is 13.0 Å². The molecule has 0 saturated carbocycles. The molecular formula is C20H28N2O4. The first-order valence-corrected chi connectivity index (χ1v) is 9.23. The van der Waals surface area contributed by atoms with E-state index < -0.39 is 5.97 Å². The Morgan fingerprint density at radius 1 is 1.19 bits per heavy atom. The molecule has 1 saturated heterocycles. The van der Waals surface area contributed by atoms with E-state index in [1.165, 1.54) is 0 Å². The van der Waals surface area contributed by atoms with Gasteiger partial charge in [0, 0.05) is 18.2 Å². The number of rotatable bonds is 6. The van der Waals surface area contributed by atoms with Gasteiger partial charge < -0.3 is 15.0 Å².